The Morgan fingerprint density at radius 3 is 2.54 bits per heavy atom. The van der Waals surface area contributed by atoms with Gasteiger partial charge in [-0.3, -0.25) is 10.1 Å². The highest BCUT2D eigenvalue weighted by Crippen LogP contribution is 2.29. The largest absolute Gasteiger partial charge is 0.490 e. The van der Waals surface area contributed by atoms with Crippen molar-refractivity contribution in [2.24, 2.45) is 0 Å². The van der Waals surface area contributed by atoms with Crippen LogP contribution in [0.25, 0.3) is 0 Å². The van der Waals surface area contributed by atoms with E-state index in [1.165, 1.54) is 12.1 Å². The molecule has 2 aromatic rings. The summed E-state index contributed by atoms with van der Waals surface area (Å²) in [6.45, 7) is 7.08. The summed E-state index contributed by atoms with van der Waals surface area (Å²) in [7, 11) is 0. The molecule has 0 saturated heterocycles. The van der Waals surface area contributed by atoms with Gasteiger partial charge in [-0.05, 0) is 36.8 Å². The van der Waals surface area contributed by atoms with Gasteiger partial charge in [0.15, 0.2) is 11.5 Å². The molecule has 0 saturated carbocycles. The van der Waals surface area contributed by atoms with E-state index in [1.54, 1.807) is 18.2 Å². The van der Waals surface area contributed by atoms with E-state index < -0.39 is 4.92 Å². The molecule has 1 N–H and O–H groups in total. The maximum absolute atomic E-state index is 10.7. The zero-order valence-electron chi connectivity index (χ0n) is 13.5. The van der Waals surface area contributed by atoms with Gasteiger partial charge in [0.2, 0.25) is 0 Å². The summed E-state index contributed by atoms with van der Waals surface area (Å²) in [6, 6.07) is 12.0. The van der Waals surface area contributed by atoms with Crippen LogP contribution in [0, 0.1) is 10.1 Å². The van der Waals surface area contributed by atoms with Gasteiger partial charge >= 0.3 is 0 Å². The lowest BCUT2D eigenvalue weighted by Gasteiger charge is -2.13. The highest BCUT2D eigenvalue weighted by molar-refractivity contribution is 5.50. The lowest BCUT2D eigenvalue weighted by molar-refractivity contribution is -0.384. The Kier molecular flexibility index (Phi) is 6.19. The number of hydrogen-bond acceptors (Lipinski definition) is 5. The molecule has 6 nitrogen and oxygen atoms in total. The van der Waals surface area contributed by atoms with Crippen molar-refractivity contribution in [3.05, 3.63) is 70.8 Å². The third-order valence-corrected chi connectivity index (χ3v) is 3.24. The van der Waals surface area contributed by atoms with E-state index in [-0.39, 0.29) is 5.69 Å². The van der Waals surface area contributed by atoms with Crippen molar-refractivity contribution in [2.75, 3.05) is 18.5 Å². The second-order valence-corrected chi connectivity index (χ2v) is 4.97. The summed E-state index contributed by atoms with van der Waals surface area (Å²) in [5, 5.41) is 13.9. The summed E-state index contributed by atoms with van der Waals surface area (Å²) >= 11 is 0. The predicted octanol–water partition coefficient (Wildman–Crippen LogP) is 4.17. The van der Waals surface area contributed by atoms with Gasteiger partial charge in [-0.25, -0.2) is 0 Å². The highest BCUT2D eigenvalue weighted by atomic mass is 16.6. The Labute approximate surface area is 140 Å². The fourth-order valence-corrected chi connectivity index (χ4v) is 2.10. The molecule has 126 valence electrons. The van der Waals surface area contributed by atoms with Crippen LogP contribution < -0.4 is 14.8 Å². The highest BCUT2D eigenvalue weighted by Gasteiger charge is 2.07. The number of nitro groups is 1. The van der Waals surface area contributed by atoms with Crippen LogP contribution in [-0.4, -0.2) is 18.1 Å². The first-order valence-corrected chi connectivity index (χ1v) is 7.61. The van der Waals surface area contributed by atoms with Crippen molar-refractivity contribution >= 4 is 11.4 Å². The van der Waals surface area contributed by atoms with Gasteiger partial charge < -0.3 is 14.8 Å². The van der Waals surface area contributed by atoms with E-state index >= 15 is 0 Å². The molecule has 0 atom stereocenters. The van der Waals surface area contributed by atoms with Crippen molar-refractivity contribution in [3.63, 3.8) is 0 Å². The molecule has 0 aliphatic rings. The third kappa shape index (κ3) is 4.74. The number of ether oxygens (including phenoxy) is 2. The van der Waals surface area contributed by atoms with E-state index in [1.807, 2.05) is 25.1 Å². The lowest BCUT2D eigenvalue weighted by Crippen LogP contribution is -2.03. The third-order valence-electron chi connectivity index (χ3n) is 3.24. The summed E-state index contributed by atoms with van der Waals surface area (Å²) in [5.41, 5.74) is 1.90. The van der Waals surface area contributed by atoms with E-state index in [0.717, 1.165) is 11.3 Å². The van der Waals surface area contributed by atoms with Crippen LogP contribution in [0.15, 0.2) is 55.1 Å². The minimum Gasteiger partial charge on any atom is -0.490 e. The van der Waals surface area contributed by atoms with Gasteiger partial charge in [0, 0.05) is 24.4 Å². The van der Waals surface area contributed by atoms with Gasteiger partial charge in [0.1, 0.15) is 6.61 Å². The maximum Gasteiger partial charge on any atom is 0.269 e. The van der Waals surface area contributed by atoms with Gasteiger partial charge in [-0.1, -0.05) is 18.7 Å². The molecule has 24 heavy (non-hydrogen) atoms. The summed E-state index contributed by atoms with van der Waals surface area (Å²) < 4.78 is 11.2. The van der Waals surface area contributed by atoms with E-state index in [2.05, 4.69) is 11.9 Å². The van der Waals surface area contributed by atoms with E-state index in [0.29, 0.717) is 31.3 Å². The molecule has 0 bridgehead atoms. The monoisotopic (exact) mass is 328 g/mol. The Hall–Kier alpha value is -3.02. The lowest BCUT2D eigenvalue weighted by atomic mass is 10.2. The number of benzene rings is 2. The van der Waals surface area contributed by atoms with E-state index in [4.69, 9.17) is 9.47 Å². The first-order chi connectivity index (χ1) is 11.6. The zero-order chi connectivity index (χ0) is 17.4. The number of hydrogen-bond donors (Lipinski definition) is 1. The Balaban J connectivity index is 2.04. The molecule has 0 radical (unpaired) electrons. The SMILES string of the molecule is C=CCOc1ccc(CNc2ccc([N+](=O)[O-])cc2)cc1OCC. The van der Waals surface area contributed by atoms with Crippen LogP contribution in [-0.2, 0) is 6.54 Å². The molecule has 0 unspecified atom stereocenters. The standard InChI is InChI=1S/C18H20N2O4/c1-3-11-24-17-10-5-14(12-18(17)23-4-2)13-19-15-6-8-16(9-7-15)20(21)22/h3,5-10,12,19H,1,4,11,13H2,2H3. The molecular formula is C18H20N2O4. The molecule has 6 heteroatoms. The Morgan fingerprint density at radius 2 is 1.92 bits per heavy atom. The molecule has 2 rings (SSSR count). The van der Waals surface area contributed by atoms with Gasteiger partial charge in [0.25, 0.3) is 5.69 Å². The number of nitrogens with one attached hydrogen (secondary N) is 1. The quantitative estimate of drug-likeness (QED) is 0.425. The van der Waals surface area contributed by atoms with Crippen molar-refractivity contribution in [2.45, 2.75) is 13.5 Å². The molecule has 0 aliphatic carbocycles. The molecule has 0 aliphatic heterocycles. The summed E-state index contributed by atoms with van der Waals surface area (Å²) in [6.07, 6.45) is 1.68. The second-order valence-electron chi connectivity index (χ2n) is 4.97. The molecular weight excluding hydrogens is 308 g/mol. The summed E-state index contributed by atoms with van der Waals surface area (Å²) in [4.78, 5) is 10.2. The minimum atomic E-state index is -0.417. The second kappa shape index (κ2) is 8.57. The average molecular weight is 328 g/mol. The smallest absolute Gasteiger partial charge is 0.269 e. The maximum atomic E-state index is 10.7. The first kappa shape index (κ1) is 17.3. The molecule has 0 aromatic heterocycles. The number of rotatable bonds is 9. The molecule has 0 fully saturated rings. The van der Waals surface area contributed by atoms with Crippen LogP contribution in [0.4, 0.5) is 11.4 Å². The fraction of sp³-hybridized carbons (Fsp3) is 0.222. The van der Waals surface area contributed by atoms with Crippen LogP contribution in [0.2, 0.25) is 0 Å². The van der Waals surface area contributed by atoms with Crippen molar-refractivity contribution in [3.8, 4) is 11.5 Å². The van der Waals surface area contributed by atoms with Crippen molar-refractivity contribution in [1.82, 2.24) is 0 Å². The topological polar surface area (TPSA) is 73.6 Å². The normalized spacial score (nSPS) is 10.0. The summed E-state index contributed by atoms with van der Waals surface area (Å²) in [5.74, 6) is 1.36. The Morgan fingerprint density at radius 1 is 1.17 bits per heavy atom. The molecule has 0 amide bonds. The van der Waals surface area contributed by atoms with Crippen LogP contribution in [0.1, 0.15) is 12.5 Å². The first-order valence-electron chi connectivity index (χ1n) is 7.61. The number of non-ortho nitro benzene ring substituents is 1. The van der Waals surface area contributed by atoms with Crippen molar-refractivity contribution in [1.29, 1.82) is 0 Å². The number of anilines is 1. The van der Waals surface area contributed by atoms with Crippen LogP contribution >= 0.6 is 0 Å². The average Bonchev–Trinajstić information content (AvgIpc) is 2.59. The van der Waals surface area contributed by atoms with Gasteiger partial charge in [-0.15, -0.1) is 0 Å². The Bertz CT molecular complexity index is 699. The molecule has 0 spiro atoms. The van der Waals surface area contributed by atoms with Gasteiger partial charge in [-0.2, -0.15) is 0 Å². The van der Waals surface area contributed by atoms with Crippen LogP contribution in [0.3, 0.4) is 0 Å². The molecule has 0 heterocycles. The van der Waals surface area contributed by atoms with Gasteiger partial charge in [0.05, 0.1) is 11.5 Å². The van der Waals surface area contributed by atoms with E-state index in [9.17, 15) is 10.1 Å². The number of nitrogens with zero attached hydrogens (tertiary/aromatic N) is 1. The predicted molar refractivity (Wildman–Crippen MR) is 93.7 cm³/mol. The number of nitro benzene ring substituents is 1. The zero-order valence-corrected chi connectivity index (χ0v) is 13.5. The van der Waals surface area contributed by atoms with Crippen LogP contribution in [0.5, 0.6) is 11.5 Å². The molecule has 2 aromatic carbocycles. The fourth-order valence-electron chi connectivity index (χ4n) is 2.10. The minimum absolute atomic E-state index is 0.0721. The van der Waals surface area contributed by atoms with Crippen molar-refractivity contribution < 1.29 is 14.4 Å².